The van der Waals surface area contributed by atoms with E-state index in [1.54, 1.807) is 0 Å². The van der Waals surface area contributed by atoms with Crippen LogP contribution >= 0.6 is 15.9 Å². The highest BCUT2D eigenvalue weighted by Gasteiger charge is 2.09. The fourth-order valence-electron chi connectivity index (χ4n) is 4.12. The van der Waals surface area contributed by atoms with Crippen molar-refractivity contribution in [1.82, 2.24) is 0 Å². The van der Waals surface area contributed by atoms with E-state index in [2.05, 4.69) is 131 Å². The van der Waals surface area contributed by atoms with Crippen LogP contribution in [-0.4, -0.2) is 0 Å². The lowest BCUT2D eigenvalue weighted by Gasteiger charge is -2.12. The Balaban J connectivity index is 1.62. The molecule has 0 fully saturated rings. The lowest BCUT2D eigenvalue weighted by molar-refractivity contribution is 1.43. The summed E-state index contributed by atoms with van der Waals surface area (Å²) in [6.07, 6.45) is 0. The number of fused-ring (bicyclic) bond motifs is 1. The van der Waals surface area contributed by atoms with E-state index in [4.69, 9.17) is 0 Å². The summed E-state index contributed by atoms with van der Waals surface area (Å²) in [5.74, 6) is 0. The molecule has 144 valence electrons. The van der Waals surface area contributed by atoms with E-state index in [1.807, 2.05) is 0 Å². The number of halogens is 1. The van der Waals surface area contributed by atoms with Crippen molar-refractivity contribution in [1.29, 1.82) is 0 Å². The van der Waals surface area contributed by atoms with Crippen LogP contribution in [0, 0.1) is 0 Å². The van der Waals surface area contributed by atoms with Crippen molar-refractivity contribution < 1.29 is 0 Å². The van der Waals surface area contributed by atoms with E-state index in [-0.39, 0.29) is 0 Å². The second kappa shape index (κ2) is 8.30. The maximum atomic E-state index is 3.62. The van der Waals surface area contributed by atoms with Crippen molar-refractivity contribution in [3.8, 4) is 33.4 Å². The van der Waals surface area contributed by atoms with Gasteiger partial charge in [0, 0.05) is 5.33 Å². The Kier molecular flexibility index (Phi) is 5.21. The monoisotopic (exact) mass is 448 g/mol. The zero-order chi connectivity index (χ0) is 20.3. The van der Waals surface area contributed by atoms with Crippen LogP contribution in [0.15, 0.2) is 115 Å². The molecule has 0 bridgehead atoms. The van der Waals surface area contributed by atoms with Gasteiger partial charge in [-0.1, -0.05) is 119 Å². The first-order chi connectivity index (χ1) is 14.8. The SMILES string of the molecule is BrCc1ccccc1-c1ccc2c(-c3cccc(-c4ccccc4)c3)cccc2c1. The topological polar surface area (TPSA) is 0 Å². The van der Waals surface area contributed by atoms with Crippen LogP contribution in [0.2, 0.25) is 0 Å². The number of benzene rings is 5. The fourth-order valence-corrected chi connectivity index (χ4v) is 4.61. The van der Waals surface area contributed by atoms with Crippen molar-refractivity contribution >= 4 is 26.7 Å². The van der Waals surface area contributed by atoms with Crippen molar-refractivity contribution in [3.05, 3.63) is 121 Å². The molecule has 5 aromatic rings. The maximum absolute atomic E-state index is 3.62. The zero-order valence-electron chi connectivity index (χ0n) is 16.6. The Hall–Kier alpha value is -3.16. The molecule has 5 rings (SSSR count). The molecular formula is C29H21Br. The van der Waals surface area contributed by atoms with E-state index in [0.29, 0.717) is 0 Å². The van der Waals surface area contributed by atoms with Crippen LogP contribution in [0.25, 0.3) is 44.2 Å². The van der Waals surface area contributed by atoms with Crippen molar-refractivity contribution in [2.45, 2.75) is 5.33 Å². The fraction of sp³-hybridized carbons (Fsp3) is 0.0345. The van der Waals surface area contributed by atoms with Gasteiger partial charge in [-0.2, -0.15) is 0 Å². The van der Waals surface area contributed by atoms with Crippen LogP contribution in [0.1, 0.15) is 5.56 Å². The van der Waals surface area contributed by atoms with Gasteiger partial charge < -0.3 is 0 Å². The Morgan fingerprint density at radius 1 is 0.467 bits per heavy atom. The molecule has 1 heteroatoms. The molecule has 0 aliphatic heterocycles. The van der Waals surface area contributed by atoms with Crippen molar-refractivity contribution in [3.63, 3.8) is 0 Å². The smallest absolute Gasteiger partial charge is 0.0289 e. The average Bonchev–Trinajstić information content (AvgIpc) is 2.84. The first-order valence-electron chi connectivity index (χ1n) is 10.2. The largest absolute Gasteiger partial charge is 0.0876 e. The minimum absolute atomic E-state index is 0.855. The molecule has 0 unspecified atom stereocenters. The van der Waals surface area contributed by atoms with Gasteiger partial charge in [-0.15, -0.1) is 0 Å². The van der Waals surface area contributed by atoms with Gasteiger partial charge >= 0.3 is 0 Å². The van der Waals surface area contributed by atoms with Crippen LogP contribution in [0.4, 0.5) is 0 Å². The molecule has 0 nitrogen and oxygen atoms in total. The molecule has 0 heterocycles. The second-order valence-electron chi connectivity index (χ2n) is 7.48. The molecule has 5 aromatic carbocycles. The van der Waals surface area contributed by atoms with E-state index in [1.165, 1.54) is 49.7 Å². The summed E-state index contributed by atoms with van der Waals surface area (Å²) in [5.41, 5.74) is 8.85. The molecule has 0 amide bonds. The third kappa shape index (κ3) is 3.58. The van der Waals surface area contributed by atoms with Crippen LogP contribution in [0.5, 0.6) is 0 Å². The van der Waals surface area contributed by atoms with Crippen LogP contribution < -0.4 is 0 Å². The van der Waals surface area contributed by atoms with Crippen molar-refractivity contribution in [2.75, 3.05) is 0 Å². The standard InChI is InChI=1S/C29H21Br/c30-20-26-10-4-5-14-27(26)25-16-17-29-24(19-25)13-7-15-28(29)23-12-6-11-22(18-23)21-8-2-1-3-9-21/h1-19H,20H2. The van der Waals surface area contributed by atoms with Gasteiger partial charge in [0.25, 0.3) is 0 Å². The van der Waals surface area contributed by atoms with Gasteiger partial charge in [-0.3, -0.25) is 0 Å². The molecule has 0 saturated heterocycles. The summed E-state index contributed by atoms with van der Waals surface area (Å²) in [4.78, 5) is 0. The minimum Gasteiger partial charge on any atom is -0.0876 e. The highest BCUT2D eigenvalue weighted by atomic mass is 79.9. The molecule has 0 aliphatic rings. The predicted octanol–water partition coefficient (Wildman–Crippen LogP) is 8.74. The first-order valence-corrected chi connectivity index (χ1v) is 11.3. The lowest BCUT2D eigenvalue weighted by atomic mass is 9.92. The van der Waals surface area contributed by atoms with Crippen LogP contribution in [0.3, 0.4) is 0 Å². The normalized spacial score (nSPS) is 11.0. The van der Waals surface area contributed by atoms with Gasteiger partial charge in [0.2, 0.25) is 0 Å². The van der Waals surface area contributed by atoms with Gasteiger partial charge in [-0.05, 0) is 61.8 Å². The summed E-state index contributed by atoms with van der Waals surface area (Å²) in [5, 5.41) is 3.40. The Bertz CT molecular complexity index is 1320. The summed E-state index contributed by atoms with van der Waals surface area (Å²) >= 11 is 3.62. The molecule has 0 spiro atoms. The number of alkyl halides is 1. The highest BCUT2D eigenvalue weighted by Crippen LogP contribution is 2.34. The van der Waals surface area contributed by atoms with Gasteiger partial charge in [-0.25, -0.2) is 0 Å². The predicted molar refractivity (Wildman–Crippen MR) is 133 cm³/mol. The quantitative estimate of drug-likeness (QED) is 0.241. The third-order valence-electron chi connectivity index (χ3n) is 5.63. The van der Waals surface area contributed by atoms with E-state index >= 15 is 0 Å². The average molecular weight is 449 g/mol. The summed E-state index contributed by atoms with van der Waals surface area (Å²) < 4.78 is 0. The van der Waals surface area contributed by atoms with Gasteiger partial charge in [0.15, 0.2) is 0 Å². The first kappa shape index (κ1) is 18.8. The molecule has 30 heavy (non-hydrogen) atoms. The highest BCUT2D eigenvalue weighted by molar-refractivity contribution is 9.08. The molecule has 0 atom stereocenters. The summed E-state index contributed by atoms with van der Waals surface area (Å²) in [7, 11) is 0. The molecular weight excluding hydrogens is 428 g/mol. The molecule has 0 radical (unpaired) electrons. The summed E-state index contributed by atoms with van der Waals surface area (Å²) in [6, 6.07) is 41.4. The minimum atomic E-state index is 0.855. The van der Waals surface area contributed by atoms with Gasteiger partial charge in [0.05, 0.1) is 0 Å². The van der Waals surface area contributed by atoms with Crippen molar-refractivity contribution in [2.24, 2.45) is 0 Å². The molecule has 0 aromatic heterocycles. The number of hydrogen-bond acceptors (Lipinski definition) is 0. The van der Waals surface area contributed by atoms with E-state index in [9.17, 15) is 0 Å². The second-order valence-corrected chi connectivity index (χ2v) is 8.04. The lowest BCUT2D eigenvalue weighted by Crippen LogP contribution is -1.87. The number of rotatable bonds is 4. The Morgan fingerprint density at radius 3 is 2.00 bits per heavy atom. The number of hydrogen-bond donors (Lipinski definition) is 0. The summed E-state index contributed by atoms with van der Waals surface area (Å²) in [6.45, 7) is 0. The molecule has 0 aliphatic carbocycles. The third-order valence-corrected chi connectivity index (χ3v) is 6.24. The Morgan fingerprint density at radius 2 is 1.13 bits per heavy atom. The Labute approximate surface area is 186 Å². The molecule has 0 saturated carbocycles. The van der Waals surface area contributed by atoms with Crippen LogP contribution in [-0.2, 0) is 5.33 Å². The van der Waals surface area contributed by atoms with E-state index in [0.717, 1.165) is 5.33 Å². The maximum Gasteiger partial charge on any atom is 0.0289 e. The molecule has 0 N–H and O–H groups in total. The van der Waals surface area contributed by atoms with E-state index < -0.39 is 0 Å². The zero-order valence-corrected chi connectivity index (χ0v) is 18.1. The van der Waals surface area contributed by atoms with Gasteiger partial charge in [0.1, 0.15) is 0 Å².